The highest BCUT2D eigenvalue weighted by Crippen LogP contribution is 2.26. The van der Waals surface area contributed by atoms with Crippen molar-refractivity contribution in [3.8, 4) is 11.4 Å². The monoisotopic (exact) mass is 235 g/mol. The maximum absolute atomic E-state index is 9.43. The van der Waals surface area contributed by atoms with Gasteiger partial charge in [-0.25, -0.2) is 0 Å². The molecular weight excluding hydrogens is 222 g/mol. The van der Waals surface area contributed by atoms with Gasteiger partial charge in [0.2, 0.25) is 11.7 Å². The number of aromatic nitrogens is 2. The second-order valence-corrected chi connectivity index (χ2v) is 4.20. The van der Waals surface area contributed by atoms with Crippen LogP contribution >= 0.6 is 0 Å². The minimum absolute atomic E-state index is 0.0570. The molecular formula is C11H13N3O3. The van der Waals surface area contributed by atoms with Crippen LogP contribution in [0, 0.1) is 6.92 Å². The maximum Gasteiger partial charge on any atom is 0.244 e. The first-order chi connectivity index (χ1) is 8.24. The van der Waals surface area contributed by atoms with Gasteiger partial charge >= 0.3 is 0 Å². The van der Waals surface area contributed by atoms with Crippen LogP contribution in [0.25, 0.3) is 11.4 Å². The van der Waals surface area contributed by atoms with Crippen LogP contribution in [0.4, 0.5) is 0 Å². The van der Waals surface area contributed by atoms with E-state index in [0.717, 1.165) is 11.3 Å². The number of nitrogens with one attached hydrogen (secondary N) is 1. The van der Waals surface area contributed by atoms with E-state index in [2.05, 4.69) is 15.5 Å². The summed E-state index contributed by atoms with van der Waals surface area (Å²) >= 11 is 0. The number of aliphatic hydroxyl groups is 1. The second-order valence-electron chi connectivity index (χ2n) is 4.20. The van der Waals surface area contributed by atoms with Crippen LogP contribution in [-0.2, 0) is 0 Å². The molecule has 6 heteroatoms. The summed E-state index contributed by atoms with van der Waals surface area (Å²) < 4.78 is 10.4. The van der Waals surface area contributed by atoms with Gasteiger partial charge in [0.05, 0.1) is 24.0 Å². The normalized spacial score (nSPS) is 24.4. The van der Waals surface area contributed by atoms with Crippen molar-refractivity contribution in [3.05, 3.63) is 24.0 Å². The molecule has 2 aromatic heterocycles. The predicted molar refractivity (Wildman–Crippen MR) is 58.1 cm³/mol. The van der Waals surface area contributed by atoms with Crippen LogP contribution in [0.5, 0.6) is 0 Å². The fraction of sp³-hybridized carbons (Fsp3) is 0.455. The molecule has 0 amide bonds. The van der Waals surface area contributed by atoms with Gasteiger partial charge < -0.3 is 19.4 Å². The SMILES string of the molecule is Cc1occc1-c1noc([C@@H]2C[C@@H](O)CN2)n1. The Balaban J connectivity index is 1.86. The van der Waals surface area contributed by atoms with Crippen LogP contribution < -0.4 is 5.32 Å². The zero-order chi connectivity index (χ0) is 11.8. The van der Waals surface area contributed by atoms with Crippen molar-refractivity contribution in [2.45, 2.75) is 25.5 Å². The van der Waals surface area contributed by atoms with E-state index in [1.165, 1.54) is 0 Å². The molecule has 0 saturated carbocycles. The lowest BCUT2D eigenvalue weighted by molar-refractivity contribution is 0.191. The topological polar surface area (TPSA) is 84.3 Å². The summed E-state index contributed by atoms with van der Waals surface area (Å²) in [7, 11) is 0. The number of rotatable bonds is 2. The van der Waals surface area contributed by atoms with E-state index in [1.807, 2.05) is 6.92 Å². The van der Waals surface area contributed by atoms with Crippen molar-refractivity contribution in [1.82, 2.24) is 15.5 Å². The van der Waals surface area contributed by atoms with Crippen LogP contribution in [0.1, 0.15) is 24.1 Å². The molecule has 1 saturated heterocycles. The lowest BCUT2D eigenvalue weighted by atomic mass is 10.2. The smallest absolute Gasteiger partial charge is 0.244 e. The Hall–Kier alpha value is -1.66. The molecule has 1 fully saturated rings. The molecule has 17 heavy (non-hydrogen) atoms. The van der Waals surface area contributed by atoms with Gasteiger partial charge in [0.25, 0.3) is 0 Å². The number of furan rings is 1. The van der Waals surface area contributed by atoms with Gasteiger partial charge in [0.1, 0.15) is 5.76 Å². The number of aliphatic hydroxyl groups excluding tert-OH is 1. The van der Waals surface area contributed by atoms with Gasteiger partial charge in [-0.15, -0.1) is 0 Å². The first-order valence-electron chi connectivity index (χ1n) is 5.53. The molecule has 1 aliphatic rings. The van der Waals surface area contributed by atoms with Gasteiger partial charge in [0.15, 0.2) is 0 Å². The molecule has 1 aliphatic heterocycles. The third kappa shape index (κ3) is 1.85. The number of hydrogen-bond donors (Lipinski definition) is 2. The van der Waals surface area contributed by atoms with Gasteiger partial charge in [-0.05, 0) is 19.4 Å². The summed E-state index contributed by atoms with van der Waals surface area (Å²) in [5, 5.41) is 16.5. The molecule has 0 radical (unpaired) electrons. The fourth-order valence-corrected chi connectivity index (χ4v) is 2.01. The second kappa shape index (κ2) is 3.97. The third-order valence-electron chi connectivity index (χ3n) is 2.95. The molecule has 2 N–H and O–H groups in total. The van der Waals surface area contributed by atoms with E-state index in [-0.39, 0.29) is 12.1 Å². The van der Waals surface area contributed by atoms with Crippen LogP contribution in [0.15, 0.2) is 21.3 Å². The van der Waals surface area contributed by atoms with E-state index < -0.39 is 0 Å². The average molecular weight is 235 g/mol. The highest BCUT2D eigenvalue weighted by Gasteiger charge is 2.28. The summed E-state index contributed by atoms with van der Waals surface area (Å²) in [4.78, 5) is 4.32. The molecule has 3 rings (SSSR count). The Morgan fingerprint density at radius 3 is 3.06 bits per heavy atom. The van der Waals surface area contributed by atoms with Crippen molar-refractivity contribution in [2.24, 2.45) is 0 Å². The van der Waals surface area contributed by atoms with Crippen molar-refractivity contribution in [3.63, 3.8) is 0 Å². The zero-order valence-electron chi connectivity index (χ0n) is 9.38. The highest BCUT2D eigenvalue weighted by molar-refractivity contribution is 5.56. The number of aryl methyl sites for hydroxylation is 1. The summed E-state index contributed by atoms with van der Waals surface area (Å²) in [6.07, 6.45) is 1.86. The molecule has 2 atom stereocenters. The molecule has 90 valence electrons. The molecule has 0 aromatic carbocycles. The van der Waals surface area contributed by atoms with Crippen molar-refractivity contribution < 1.29 is 14.0 Å². The van der Waals surface area contributed by atoms with Crippen molar-refractivity contribution in [1.29, 1.82) is 0 Å². The van der Waals surface area contributed by atoms with Crippen LogP contribution in [0.2, 0.25) is 0 Å². The van der Waals surface area contributed by atoms with Crippen molar-refractivity contribution >= 4 is 0 Å². The first-order valence-corrected chi connectivity index (χ1v) is 5.53. The van der Waals surface area contributed by atoms with E-state index in [4.69, 9.17) is 8.94 Å². The quantitative estimate of drug-likeness (QED) is 0.808. The Morgan fingerprint density at radius 1 is 1.53 bits per heavy atom. The summed E-state index contributed by atoms with van der Waals surface area (Å²) in [5.74, 6) is 1.79. The van der Waals surface area contributed by atoms with Gasteiger partial charge in [0, 0.05) is 6.54 Å². The molecule has 0 unspecified atom stereocenters. The standard InChI is InChI=1S/C11H13N3O3/c1-6-8(2-3-16-6)10-13-11(17-14-10)9-4-7(15)5-12-9/h2-3,7,9,12,15H,4-5H2,1H3/t7-,9+/m1/s1. The maximum atomic E-state index is 9.43. The third-order valence-corrected chi connectivity index (χ3v) is 2.95. The van der Waals surface area contributed by atoms with E-state index in [1.54, 1.807) is 12.3 Å². The van der Waals surface area contributed by atoms with Crippen molar-refractivity contribution in [2.75, 3.05) is 6.54 Å². The molecule has 0 spiro atoms. The van der Waals surface area contributed by atoms with Crippen LogP contribution in [0.3, 0.4) is 0 Å². The Labute approximate surface area is 97.6 Å². The predicted octanol–water partition coefficient (Wildman–Crippen LogP) is 1.03. The van der Waals surface area contributed by atoms with Gasteiger partial charge in [-0.2, -0.15) is 4.98 Å². The minimum Gasteiger partial charge on any atom is -0.469 e. The van der Waals surface area contributed by atoms with E-state index >= 15 is 0 Å². The number of β-amino-alcohol motifs (C(OH)–C–C–N with tert-alkyl or cyclic N) is 1. The molecule has 2 aromatic rings. The Morgan fingerprint density at radius 2 is 2.41 bits per heavy atom. The lowest BCUT2D eigenvalue weighted by Gasteiger charge is -2.01. The largest absolute Gasteiger partial charge is 0.469 e. The summed E-state index contributed by atoms with van der Waals surface area (Å²) in [6, 6.07) is 1.75. The lowest BCUT2D eigenvalue weighted by Crippen LogP contribution is -2.15. The number of nitrogens with zero attached hydrogens (tertiary/aromatic N) is 2. The molecule has 0 aliphatic carbocycles. The molecule has 0 bridgehead atoms. The number of hydrogen-bond acceptors (Lipinski definition) is 6. The van der Waals surface area contributed by atoms with E-state index in [0.29, 0.717) is 24.7 Å². The zero-order valence-corrected chi connectivity index (χ0v) is 9.38. The highest BCUT2D eigenvalue weighted by atomic mass is 16.5. The Bertz CT molecular complexity index is 520. The molecule has 3 heterocycles. The Kier molecular flexibility index (Phi) is 2.45. The van der Waals surface area contributed by atoms with E-state index in [9.17, 15) is 5.11 Å². The van der Waals surface area contributed by atoms with Crippen LogP contribution in [-0.4, -0.2) is 27.9 Å². The summed E-state index contributed by atoms with van der Waals surface area (Å²) in [5.41, 5.74) is 0.832. The van der Waals surface area contributed by atoms with Gasteiger partial charge in [-0.3, -0.25) is 0 Å². The summed E-state index contributed by atoms with van der Waals surface area (Å²) in [6.45, 7) is 2.41. The minimum atomic E-state index is -0.342. The fourth-order valence-electron chi connectivity index (χ4n) is 2.01. The van der Waals surface area contributed by atoms with Gasteiger partial charge in [-0.1, -0.05) is 5.16 Å². The average Bonchev–Trinajstić information content (AvgIpc) is 2.97. The first kappa shape index (κ1) is 10.5. The molecule has 6 nitrogen and oxygen atoms in total.